The maximum absolute atomic E-state index is 3.81. The Hall–Kier alpha value is 0.350. The highest BCUT2D eigenvalue weighted by Gasteiger charge is 2.02. The van der Waals surface area contributed by atoms with Crippen LogP contribution in [-0.2, 0) is 0 Å². The van der Waals surface area contributed by atoms with E-state index < -0.39 is 0 Å². The second-order valence-corrected chi connectivity index (χ2v) is 3.07. The van der Waals surface area contributed by atoms with E-state index in [0.29, 0.717) is 0 Å². The summed E-state index contributed by atoms with van der Waals surface area (Å²) in [6, 6.07) is 0. The molecule has 0 saturated heterocycles. The molecule has 54 valence electrons. The van der Waals surface area contributed by atoms with E-state index in [0.717, 1.165) is 17.7 Å². The molecule has 1 atom stereocenters. The summed E-state index contributed by atoms with van der Waals surface area (Å²) in [7, 11) is 0. The Bertz CT molecular complexity index is 48.5. The van der Waals surface area contributed by atoms with Gasteiger partial charge in [0.15, 0.2) is 0 Å². The Balaban J connectivity index is 3.09. The van der Waals surface area contributed by atoms with E-state index in [9.17, 15) is 0 Å². The van der Waals surface area contributed by atoms with Gasteiger partial charge in [0.05, 0.1) is 13.3 Å². The van der Waals surface area contributed by atoms with Crippen molar-refractivity contribution in [2.75, 3.05) is 5.33 Å². The van der Waals surface area contributed by atoms with Crippen molar-refractivity contribution < 1.29 is 0 Å². The summed E-state index contributed by atoms with van der Waals surface area (Å²) in [5.74, 6) is 0.881. The van der Waals surface area contributed by atoms with Crippen molar-refractivity contribution in [2.45, 2.75) is 32.6 Å². The third-order valence-electron chi connectivity index (χ3n) is 1.66. The number of unbranched alkanes of at least 4 members (excludes halogenated alkanes) is 1. The zero-order valence-corrected chi connectivity index (χ0v) is 7.78. The van der Waals surface area contributed by atoms with E-state index in [-0.39, 0.29) is 0 Å². The van der Waals surface area contributed by atoms with Crippen LogP contribution in [0.25, 0.3) is 0 Å². The molecule has 0 nitrogen and oxygen atoms in total. The van der Waals surface area contributed by atoms with Crippen LogP contribution in [0.3, 0.4) is 0 Å². The minimum absolute atomic E-state index is 0.881. The molecule has 0 aromatic carbocycles. The molecule has 0 aliphatic rings. The van der Waals surface area contributed by atoms with Gasteiger partial charge in [-0.25, -0.2) is 0 Å². The van der Waals surface area contributed by atoms with Crippen molar-refractivity contribution in [1.29, 1.82) is 0 Å². The molecule has 0 aromatic rings. The van der Waals surface area contributed by atoms with E-state index in [2.05, 4.69) is 29.8 Å². The average molecular weight is 192 g/mol. The molecule has 9 heavy (non-hydrogen) atoms. The second-order valence-electron chi connectivity index (χ2n) is 2.42. The van der Waals surface area contributed by atoms with E-state index in [4.69, 9.17) is 0 Å². The standard InChI is InChI=1S/C8H16Br/c1-3-5-6-8(4-2)7-9/h8H,1,3-7H2,2H3/q+1. The van der Waals surface area contributed by atoms with Crippen molar-refractivity contribution >= 4 is 15.9 Å². The van der Waals surface area contributed by atoms with Gasteiger partial charge in [-0.15, -0.1) is 0 Å². The molecule has 0 heterocycles. The molecule has 0 rings (SSSR count). The Morgan fingerprint density at radius 2 is 2.22 bits per heavy atom. The topological polar surface area (TPSA) is 0 Å². The Morgan fingerprint density at radius 1 is 1.56 bits per heavy atom. The predicted molar refractivity (Wildman–Crippen MR) is 46.8 cm³/mol. The minimum Gasteiger partial charge on any atom is -0.0925 e. The van der Waals surface area contributed by atoms with Gasteiger partial charge in [0.2, 0.25) is 0 Å². The molecule has 0 aliphatic carbocycles. The fraction of sp³-hybridized carbons (Fsp3) is 0.875. The summed E-state index contributed by atoms with van der Waals surface area (Å²) in [6.45, 7) is 6.06. The van der Waals surface area contributed by atoms with Gasteiger partial charge in [-0.3, -0.25) is 0 Å². The highest BCUT2D eigenvalue weighted by molar-refractivity contribution is 9.09. The predicted octanol–water partition coefficient (Wildman–Crippen LogP) is 3.41. The van der Waals surface area contributed by atoms with Crippen LogP contribution in [0.5, 0.6) is 0 Å². The Labute approximate surface area is 67.2 Å². The van der Waals surface area contributed by atoms with Crippen LogP contribution >= 0.6 is 15.9 Å². The van der Waals surface area contributed by atoms with E-state index in [1.54, 1.807) is 0 Å². The number of halogens is 1. The first kappa shape index (κ1) is 9.35. The van der Waals surface area contributed by atoms with Crippen molar-refractivity contribution in [3.8, 4) is 0 Å². The normalized spacial score (nSPS) is 13.6. The molecule has 0 aromatic heterocycles. The zero-order valence-electron chi connectivity index (χ0n) is 6.20. The van der Waals surface area contributed by atoms with Gasteiger partial charge in [0.25, 0.3) is 0 Å². The quantitative estimate of drug-likeness (QED) is 0.462. The number of alkyl halides is 1. The van der Waals surface area contributed by atoms with Gasteiger partial charge < -0.3 is 0 Å². The molecule has 0 aliphatic heterocycles. The van der Waals surface area contributed by atoms with Gasteiger partial charge in [-0.1, -0.05) is 29.3 Å². The third kappa shape index (κ3) is 4.83. The molecule has 0 N–H and O–H groups in total. The van der Waals surface area contributed by atoms with Crippen LogP contribution in [0.2, 0.25) is 0 Å². The van der Waals surface area contributed by atoms with Gasteiger partial charge >= 0.3 is 0 Å². The lowest BCUT2D eigenvalue weighted by Gasteiger charge is -2.07. The molecular formula is C8H16Br+. The minimum atomic E-state index is 0.881. The first-order chi connectivity index (χ1) is 4.35. The van der Waals surface area contributed by atoms with E-state index in [1.807, 2.05) is 0 Å². The van der Waals surface area contributed by atoms with Crippen LogP contribution in [-0.4, -0.2) is 5.33 Å². The fourth-order valence-corrected chi connectivity index (χ4v) is 1.60. The lowest BCUT2D eigenvalue weighted by molar-refractivity contribution is 0.508. The van der Waals surface area contributed by atoms with Gasteiger partial charge in [0, 0.05) is 5.33 Å². The number of hydrogen-bond acceptors (Lipinski definition) is 0. The van der Waals surface area contributed by atoms with Crippen LogP contribution < -0.4 is 0 Å². The Morgan fingerprint density at radius 3 is 2.56 bits per heavy atom. The molecule has 0 spiro atoms. The lowest BCUT2D eigenvalue weighted by Crippen LogP contribution is -1.98. The molecule has 1 heteroatoms. The van der Waals surface area contributed by atoms with Gasteiger partial charge in [-0.05, 0) is 18.8 Å². The van der Waals surface area contributed by atoms with Crippen molar-refractivity contribution in [3.05, 3.63) is 6.92 Å². The van der Waals surface area contributed by atoms with Gasteiger partial charge in [-0.2, -0.15) is 0 Å². The Kier molecular flexibility index (Phi) is 6.72. The lowest BCUT2D eigenvalue weighted by atomic mass is 10.0. The maximum Gasteiger partial charge on any atom is 0.0850 e. The fourth-order valence-electron chi connectivity index (χ4n) is 0.823. The first-order valence-electron chi connectivity index (χ1n) is 3.70. The van der Waals surface area contributed by atoms with E-state index >= 15 is 0 Å². The highest BCUT2D eigenvalue weighted by Crippen LogP contribution is 2.14. The van der Waals surface area contributed by atoms with Crippen molar-refractivity contribution in [1.82, 2.24) is 0 Å². The summed E-state index contributed by atoms with van der Waals surface area (Å²) in [6.07, 6.45) is 5.00. The molecule has 0 bridgehead atoms. The average Bonchev–Trinajstić information content (AvgIpc) is 1.91. The molecule has 0 radical (unpaired) electrons. The van der Waals surface area contributed by atoms with Crippen LogP contribution in [0.15, 0.2) is 0 Å². The zero-order chi connectivity index (χ0) is 7.11. The SMILES string of the molecule is [CH2+]CCCC(CC)CBr. The molecular weight excluding hydrogens is 176 g/mol. The van der Waals surface area contributed by atoms with Crippen LogP contribution in [0.1, 0.15) is 32.6 Å². The summed E-state index contributed by atoms with van der Waals surface area (Å²) in [5.41, 5.74) is 0. The highest BCUT2D eigenvalue weighted by atomic mass is 79.9. The maximum atomic E-state index is 3.81. The third-order valence-corrected chi connectivity index (χ3v) is 2.57. The second kappa shape index (κ2) is 6.47. The van der Waals surface area contributed by atoms with Gasteiger partial charge in [0.1, 0.15) is 0 Å². The largest absolute Gasteiger partial charge is 0.0925 e. The molecule has 0 saturated carbocycles. The summed E-state index contributed by atoms with van der Waals surface area (Å²) < 4.78 is 0. The number of rotatable bonds is 5. The summed E-state index contributed by atoms with van der Waals surface area (Å²) >= 11 is 3.49. The first-order valence-corrected chi connectivity index (χ1v) is 4.82. The monoisotopic (exact) mass is 191 g/mol. The van der Waals surface area contributed by atoms with E-state index in [1.165, 1.54) is 19.3 Å². The summed E-state index contributed by atoms with van der Waals surface area (Å²) in [4.78, 5) is 0. The van der Waals surface area contributed by atoms with Crippen LogP contribution in [0, 0.1) is 12.8 Å². The van der Waals surface area contributed by atoms with Crippen molar-refractivity contribution in [3.63, 3.8) is 0 Å². The molecule has 0 amide bonds. The van der Waals surface area contributed by atoms with Crippen molar-refractivity contribution in [2.24, 2.45) is 5.92 Å². The summed E-state index contributed by atoms with van der Waals surface area (Å²) in [5, 5.41) is 1.16. The van der Waals surface area contributed by atoms with Crippen LogP contribution in [0.4, 0.5) is 0 Å². The molecule has 1 unspecified atom stereocenters. The molecule has 0 fully saturated rings. The number of hydrogen-bond donors (Lipinski definition) is 0. The smallest absolute Gasteiger partial charge is 0.0850 e.